The predicted octanol–water partition coefficient (Wildman–Crippen LogP) is -3.17. The Morgan fingerprint density at radius 2 is 2.33 bits per heavy atom. The first-order valence-electron chi connectivity index (χ1n) is 2.77. The molecule has 0 aromatic carbocycles. The third-order valence-electron chi connectivity index (χ3n) is 1.36. The van der Waals surface area contributed by atoms with Gasteiger partial charge in [0.05, 0.1) is 0 Å². The molecule has 0 saturated carbocycles. The average Bonchev–Trinajstić information content (AvgIpc) is 2.12. The quantitative estimate of drug-likeness (QED) is 0.392. The Labute approximate surface area is 96.6 Å². The monoisotopic (exact) mass is 154 g/mol. The third kappa shape index (κ3) is 3.11. The van der Waals surface area contributed by atoms with E-state index >= 15 is 0 Å². The van der Waals surface area contributed by atoms with Crippen LogP contribution in [0, 0.1) is 0 Å². The number of carboxylic acid groups (broad SMARTS) is 1. The molecule has 2 N–H and O–H groups in total. The van der Waals surface area contributed by atoms with Gasteiger partial charge in [-0.1, -0.05) is 0 Å². The Balaban J connectivity index is 0.000000640. The van der Waals surface area contributed by atoms with Crippen molar-refractivity contribution in [2.45, 2.75) is 18.9 Å². The van der Waals surface area contributed by atoms with Gasteiger partial charge in [0.25, 0.3) is 0 Å². The Kier molecular flexibility index (Phi) is 5.39. The van der Waals surface area contributed by atoms with E-state index < -0.39 is 5.97 Å². The van der Waals surface area contributed by atoms with Gasteiger partial charge in [-0.15, -0.1) is 0 Å². The summed E-state index contributed by atoms with van der Waals surface area (Å²) in [6.45, 7) is 0.858. The van der Waals surface area contributed by atoms with Crippen molar-refractivity contribution in [2.24, 2.45) is 0 Å². The summed E-state index contributed by atoms with van der Waals surface area (Å²) in [5, 5.41) is 11.2. The zero-order valence-electron chi connectivity index (χ0n) is 5.55. The van der Waals surface area contributed by atoms with Gasteiger partial charge in [-0.2, -0.15) is 0 Å². The number of carbonyl (C=O) groups is 1. The summed E-state index contributed by atoms with van der Waals surface area (Å²) in [5.74, 6) is -0.720. The molecule has 4 heteroatoms. The van der Waals surface area contributed by atoms with Crippen LogP contribution in [0.3, 0.4) is 0 Å². The van der Waals surface area contributed by atoms with Crippen LogP contribution in [-0.2, 0) is 4.79 Å². The van der Waals surface area contributed by atoms with Gasteiger partial charge in [0.2, 0.25) is 0 Å². The van der Waals surface area contributed by atoms with Crippen molar-refractivity contribution >= 4 is 5.97 Å². The summed E-state index contributed by atoms with van der Waals surface area (Å²) in [7, 11) is 0. The first kappa shape index (κ1) is 10.1. The number of hydrogen-bond donors (Lipinski definition) is 2. The van der Waals surface area contributed by atoms with E-state index in [0.717, 1.165) is 19.4 Å². The van der Waals surface area contributed by atoms with Crippen molar-refractivity contribution in [2.75, 3.05) is 6.54 Å². The van der Waals surface area contributed by atoms with E-state index in [-0.39, 0.29) is 57.4 Å². The van der Waals surface area contributed by atoms with Crippen LogP contribution >= 0.6 is 0 Å². The Morgan fingerprint density at radius 1 is 1.67 bits per heavy atom. The van der Waals surface area contributed by atoms with Crippen LogP contribution in [0.2, 0.25) is 0 Å². The van der Waals surface area contributed by atoms with E-state index in [9.17, 15) is 4.79 Å². The number of hydrogen-bond acceptors (Lipinski definition) is 2. The zero-order valence-corrected chi connectivity index (χ0v) is 8.68. The van der Waals surface area contributed by atoms with E-state index in [2.05, 4.69) is 5.32 Å². The molecule has 46 valence electrons. The minimum atomic E-state index is -0.720. The molecule has 1 saturated heterocycles. The fourth-order valence-corrected chi connectivity index (χ4v) is 0.895. The van der Waals surface area contributed by atoms with Crippen molar-refractivity contribution in [1.29, 1.82) is 0 Å². The Hall–Kier alpha value is 1.07. The molecule has 1 aliphatic heterocycles. The van der Waals surface area contributed by atoms with Crippen molar-refractivity contribution in [3.05, 3.63) is 0 Å². The maximum atomic E-state index is 10.1. The topological polar surface area (TPSA) is 49.3 Å². The molecule has 1 fully saturated rings. The van der Waals surface area contributed by atoms with Crippen molar-refractivity contribution in [3.8, 4) is 0 Å². The maximum absolute atomic E-state index is 10.1. The predicted molar refractivity (Wildman–Crippen MR) is 28.7 cm³/mol. The van der Waals surface area contributed by atoms with Crippen LogP contribution in [-0.4, -0.2) is 23.7 Å². The smallest absolute Gasteiger partial charge is 0.480 e. The van der Waals surface area contributed by atoms with E-state index in [1.807, 2.05) is 0 Å². The van der Waals surface area contributed by atoms with Crippen molar-refractivity contribution < 1.29 is 61.3 Å². The molecule has 0 bridgehead atoms. The second kappa shape index (κ2) is 4.82. The summed E-state index contributed by atoms with van der Waals surface area (Å²) in [6.07, 6.45) is 1.78. The van der Waals surface area contributed by atoms with Gasteiger partial charge >= 0.3 is 57.4 Å². The standard InChI is InChI=1S/C5H9NO2.K/c7-5(8)4-2-1-3-6-4;/h4,6H,1-3H2,(H,7,8);/q;+1. The second-order valence-electron chi connectivity index (χ2n) is 1.99. The van der Waals surface area contributed by atoms with E-state index in [1.54, 1.807) is 0 Å². The van der Waals surface area contributed by atoms with Gasteiger partial charge in [-0.05, 0) is 19.4 Å². The van der Waals surface area contributed by atoms with E-state index in [0.29, 0.717) is 0 Å². The maximum Gasteiger partial charge on any atom is 1.00 e. The van der Waals surface area contributed by atoms with Gasteiger partial charge < -0.3 is 10.4 Å². The number of carboxylic acids is 1. The van der Waals surface area contributed by atoms with Crippen LogP contribution in [0.25, 0.3) is 0 Å². The summed E-state index contributed by atoms with van der Waals surface area (Å²) in [4.78, 5) is 10.1. The molecule has 0 aromatic rings. The summed E-state index contributed by atoms with van der Waals surface area (Å²) < 4.78 is 0. The number of aliphatic carboxylic acids is 1. The second-order valence-corrected chi connectivity index (χ2v) is 1.99. The molecule has 1 rings (SSSR count). The summed E-state index contributed by atoms with van der Waals surface area (Å²) in [5.41, 5.74) is 0. The molecular weight excluding hydrogens is 145 g/mol. The van der Waals surface area contributed by atoms with Crippen LogP contribution in [0.1, 0.15) is 12.8 Å². The first-order chi connectivity index (χ1) is 3.80. The minimum Gasteiger partial charge on any atom is -0.480 e. The minimum absolute atomic E-state index is 0. The molecule has 1 aliphatic rings. The SMILES string of the molecule is O=C(O)C1CCCN1.[K+]. The molecular formula is C5H9KNO2+. The van der Waals surface area contributed by atoms with Gasteiger partial charge in [-0.25, -0.2) is 0 Å². The zero-order chi connectivity index (χ0) is 5.98. The fraction of sp³-hybridized carbons (Fsp3) is 0.800. The molecule has 0 radical (unpaired) electrons. The summed E-state index contributed by atoms with van der Waals surface area (Å²) >= 11 is 0. The van der Waals surface area contributed by atoms with Crippen LogP contribution in [0.15, 0.2) is 0 Å². The van der Waals surface area contributed by atoms with Crippen LogP contribution in [0.5, 0.6) is 0 Å². The van der Waals surface area contributed by atoms with E-state index in [1.165, 1.54) is 0 Å². The van der Waals surface area contributed by atoms with Crippen molar-refractivity contribution in [3.63, 3.8) is 0 Å². The van der Waals surface area contributed by atoms with E-state index in [4.69, 9.17) is 5.11 Å². The number of rotatable bonds is 1. The van der Waals surface area contributed by atoms with Gasteiger partial charge in [0, 0.05) is 0 Å². The first-order valence-corrected chi connectivity index (χ1v) is 2.77. The van der Waals surface area contributed by atoms with Gasteiger partial charge in [0.15, 0.2) is 0 Å². The molecule has 0 amide bonds. The van der Waals surface area contributed by atoms with Crippen LogP contribution in [0.4, 0.5) is 0 Å². The molecule has 0 aromatic heterocycles. The summed E-state index contributed by atoms with van der Waals surface area (Å²) in [6, 6.07) is -0.269. The Bertz CT molecular complexity index is 101. The Morgan fingerprint density at radius 3 is 2.56 bits per heavy atom. The molecule has 1 atom stereocenters. The normalized spacial score (nSPS) is 25.1. The number of nitrogens with one attached hydrogen (secondary N) is 1. The molecule has 1 heterocycles. The molecule has 0 aliphatic carbocycles. The fourth-order valence-electron chi connectivity index (χ4n) is 0.895. The third-order valence-corrected chi connectivity index (χ3v) is 1.36. The van der Waals surface area contributed by atoms with Crippen LogP contribution < -0.4 is 56.7 Å². The van der Waals surface area contributed by atoms with Crippen molar-refractivity contribution in [1.82, 2.24) is 5.32 Å². The molecule has 3 nitrogen and oxygen atoms in total. The largest absolute Gasteiger partial charge is 1.00 e. The van der Waals surface area contributed by atoms with Gasteiger partial charge in [-0.3, -0.25) is 4.79 Å². The molecule has 9 heavy (non-hydrogen) atoms. The molecule has 1 unspecified atom stereocenters. The average molecular weight is 154 g/mol. The molecule has 0 spiro atoms. The van der Waals surface area contributed by atoms with Gasteiger partial charge in [0.1, 0.15) is 6.04 Å².